The van der Waals surface area contributed by atoms with Crippen LogP contribution in [0.25, 0.3) is 0 Å². The molecule has 1 aromatic heterocycles. The van der Waals surface area contributed by atoms with Gasteiger partial charge in [0.1, 0.15) is 5.82 Å². The average Bonchev–Trinajstić information content (AvgIpc) is 2.86. The lowest BCUT2D eigenvalue weighted by molar-refractivity contribution is 0.0939. The van der Waals surface area contributed by atoms with Gasteiger partial charge >= 0.3 is 0 Å². The van der Waals surface area contributed by atoms with Gasteiger partial charge < -0.3 is 19.7 Å². The van der Waals surface area contributed by atoms with Crippen LogP contribution >= 0.6 is 0 Å². The molecule has 1 N–H and O–H groups in total. The zero-order valence-corrected chi connectivity index (χ0v) is 14.8. The molecule has 2 heterocycles. The van der Waals surface area contributed by atoms with Crippen LogP contribution in [-0.4, -0.2) is 38.2 Å². The number of nitrogens with zero attached hydrogens (tertiary/aromatic N) is 2. The minimum absolute atomic E-state index is 0.154. The largest absolute Gasteiger partial charge is 0.490 e. The van der Waals surface area contributed by atoms with Gasteiger partial charge in [-0.1, -0.05) is 6.07 Å². The van der Waals surface area contributed by atoms with E-state index in [0.29, 0.717) is 18.8 Å². The van der Waals surface area contributed by atoms with Crippen molar-refractivity contribution in [1.29, 1.82) is 0 Å². The Morgan fingerprint density at radius 2 is 1.92 bits per heavy atom. The Kier molecular flexibility index (Phi) is 5.07. The second-order valence-corrected chi connectivity index (χ2v) is 6.25. The normalized spacial score (nSPS) is 14.4. The number of hydrogen-bond acceptors (Lipinski definition) is 5. The molecule has 0 unspecified atom stereocenters. The molecule has 0 fully saturated rings. The number of aromatic nitrogens is 1. The molecule has 6 heteroatoms. The van der Waals surface area contributed by atoms with Crippen molar-refractivity contribution in [3.05, 3.63) is 47.7 Å². The van der Waals surface area contributed by atoms with Crippen molar-refractivity contribution in [3.63, 3.8) is 0 Å². The Labute approximate surface area is 147 Å². The van der Waals surface area contributed by atoms with Crippen LogP contribution in [0.5, 0.6) is 11.5 Å². The van der Waals surface area contributed by atoms with E-state index in [0.717, 1.165) is 29.3 Å². The van der Waals surface area contributed by atoms with Crippen molar-refractivity contribution < 1.29 is 14.3 Å². The molecule has 0 saturated heterocycles. The van der Waals surface area contributed by atoms with Gasteiger partial charge in [-0.2, -0.15) is 0 Å². The highest BCUT2D eigenvalue weighted by Crippen LogP contribution is 2.32. The van der Waals surface area contributed by atoms with Gasteiger partial charge in [-0.3, -0.25) is 4.79 Å². The molecule has 1 amide bonds. The van der Waals surface area contributed by atoms with Crippen LogP contribution in [0, 0.1) is 0 Å². The summed E-state index contributed by atoms with van der Waals surface area (Å²) in [6.07, 6.45) is 2.46. The summed E-state index contributed by atoms with van der Waals surface area (Å²) in [5.41, 5.74) is 1.50. The molecule has 1 aliphatic heterocycles. The van der Waals surface area contributed by atoms with Gasteiger partial charge in [0.15, 0.2) is 11.5 Å². The van der Waals surface area contributed by atoms with Crippen LogP contribution in [0.4, 0.5) is 5.82 Å². The van der Waals surface area contributed by atoms with Crippen LogP contribution < -0.4 is 19.7 Å². The van der Waals surface area contributed by atoms with Crippen LogP contribution in [-0.2, 0) is 0 Å². The summed E-state index contributed by atoms with van der Waals surface area (Å²) in [6, 6.07) is 9.22. The zero-order valence-electron chi connectivity index (χ0n) is 14.8. The summed E-state index contributed by atoms with van der Waals surface area (Å²) in [5.74, 6) is 2.14. The Hall–Kier alpha value is -2.76. The van der Waals surface area contributed by atoms with Crippen molar-refractivity contribution in [1.82, 2.24) is 10.3 Å². The van der Waals surface area contributed by atoms with E-state index in [4.69, 9.17) is 9.47 Å². The standard InChI is InChI=1S/C19H23N3O3/c1-13(14-5-7-16-17(11-14)25-10-4-9-24-16)21-19(23)15-6-8-18(20-12-15)22(2)3/h5-8,11-13H,4,9-10H2,1-3H3,(H,21,23)/t13-/m1/s1. The Morgan fingerprint density at radius 1 is 1.16 bits per heavy atom. The van der Waals surface area contributed by atoms with Gasteiger partial charge in [0.05, 0.1) is 24.8 Å². The number of fused-ring (bicyclic) bond motifs is 1. The van der Waals surface area contributed by atoms with E-state index in [1.807, 2.05) is 50.2 Å². The quantitative estimate of drug-likeness (QED) is 0.926. The third-order valence-corrected chi connectivity index (χ3v) is 4.09. The first-order chi connectivity index (χ1) is 12.0. The van der Waals surface area contributed by atoms with E-state index in [-0.39, 0.29) is 11.9 Å². The van der Waals surface area contributed by atoms with Crippen molar-refractivity contribution in [2.24, 2.45) is 0 Å². The molecular weight excluding hydrogens is 318 g/mol. The summed E-state index contributed by atoms with van der Waals surface area (Å²) >= 11 is 0. The van der Waals surface area contributed by atoms with Crippen molar-refractivity contribution in [2.75, 3.05) is 32.2 Å². The number of rotatable bonds is 4. The molecular formula is C19H23N3O3. The number of carbonyl (C=O) groups is 1. The molecule has 1 aromatic carbocycles. The molecule has 25 heavy (non-hydrogen) atoms. The topological polar surface area (TPSA) is 63.7 Å². The number of nitrogens with one attached hydrogen (secondary N) is 1. The van der Waals surface area contributed by atoms with Gasteiger partial charge in [0, 0.05) is 26.7 Å². The van der Waals surface area contributed by atoms with Crippen LogP contribution in [0.2, 0.25) is 0 Å². The monoisotopic (exact) mass is 341 g/mol. The van der Waals surface area contributed by atoms with E-state index < -0.39 is 0 Å². The molecule has 1 atom stereocenters. The third-order valence-electron chi connectivity index (χ3n) is 4.09. The smallest absolute Gasteiger partial charge is 0.253 e. The van der Waals surface area contributed by atoms with E-state index >= 15 is 0 Å². The number of ether oxygens (including phenoxy) is 2. The van der Waals surface area contributed by atoms with E-state index in [1.54, 1.807) is 12.3 Å². The maximum absolute atomic E-state index is 12.4. The van der Waals surface area contributed by atoms with E-state index in [1.165, 1.54) is 0 Å². The van der Waals surface area contributed by atoms with Gasteiger partial charge in [-0.15, -0.1) is 0 Å². The summed E-state index contributed by atoms with van der Waals surface area (Å²) < 4.78 is 11.4. The first-order valence-corrected chi connectivity index (χ1v) is 8.38. The second kappa shape index (κ2) is 7.42. The maximum Gasteiger partial charge on any atom is 0.253 e. The van der Waals surface area contributed by atoms with E-state index in [9.17, 15) is 4.79 Å². The van der Waals surface area contributed by atoms with E-state index in [2.05, 4.69) is 10.3 Å². The van der Waals surface area contributed by atoms with Gasteiger partial charge in [0.2, 0.25) is 0 Å². The fourth-order valence-corrected chi connectivity index (χ4v) is 2.60. The minimum Gasteiger partial charge on any atom is -0.490 e. The van der Waals surface area contributed by atoms with Crippen LogP contribution in [0.3, 0.4) is 0 Å². The van der Waals surface area contributed by atoms with Gasteiger partial charge in [-0.25, -0.2) is 4.98 Å². The predicted molar refractivity (Wildman–Crippen MR) is 96.5 cm³/mol. The van der Waals surface area contributed by atoms with Crippen LogP contribution in [0.15, 0.2) is 36.5 Å². The number of hydrogen-bond donors (Lipinski definition) is 1. The Balaban J connectivity index is 1.70. The first kappa shape index (κ1) is 17.1. The zero-order chi connectivity index (χ0) is 17.8. The molecule has 0 radical (unpaired) electrons. The third kappa shape index (κ3) is 4.02. The summed E-state index contributed by atoms with van der Waals surface area (Å²) in [4.78, 5) is 18.6. The summed E-state index contributed by atoms with van der Waals surface area (Å²) in [7, 11) is 3.82. The highest BCUT2D eigenvalue weighted by Gasteiger charge is 2.16. The Morgan fingerprint density at radius 3 is 2.60 bits per heavy atom. The summed E-state index contributed by atoms with van der Waals surface area (Å²) in [5, 5.41) is 2.99. The number of amides is 1. The lowest BCUT2D eigenvalue weighted by Gasteiger charge is -2.17. The number of pyridine rings is 1. The molecule has 0 spiro atoms. The lowest BCUT2D eigenvalue weighted by Crippen LogP contribution is -2.27. The lowest BCUT2D eigenvalue weighted by atomic mass is 10.1. The highest BCUT2D eigenvalue weighted by atomic mass is 16.5. The second-order valence-electron chi connectivity index (χ2n) is 6.25. The number of carbonyl (C=O) groups excluding carboxylic acids is 1. The van der Waals surface area contributed by atoms with Gasteiger partial charge in [0.25, 0.3) is 5.91 Å². The SMILES string of the molecule is C[C@@H](NC(=O)c1ccc(N(C)C)nc1)c1ccc2c(c1)OCCCO2. The molecule has 2 aromatic rings. The fourth-order valence-electron chi connectivity index (χ4n) is 2.60. The predicted octanol–water partition coefficient (Wildman–Crippen LogP) is 2.80. The maximum atomic E-state index is 12.4. The highest BCUT2D eigenvalue weighted by molar-refractivity contribution is 5.94. The molecule has 132 valence electrons. The average molecular weight is 341 g/mol. The van der Waals surface area contributed by atoms with Crippen molar-refractivity contribution in [3.8, 4) is 11.5 Å². The molecule has 0 aliphatic carbocycles. The van der Waals surface area contributed by atoms with Gasteiger partial charge in [-0.05, 0) is 36.8 Å². The Bertz CT molecular complexity index is 744. The van der Waals surface area contributed by atoms with Crippen molar-refractivity contribution >= 4 is 11.7 Å². The van der Waals surface area contributed by atoms with Crippen molar-refractivity contribution in [2.45, 2.75) is 19.4 Å². The minimum atomic E-state index is -0.155. The molecule has 6 nitrogen and oxygen atoms in total. The first-order valence-electron chi connectivity index (χ1n) is 8.38. The number of anilines is 1. The fraction of sp³-hybridized carbons (Fsp3) is 0.368. The molecule has 1 aliphatic rings. The number of benzene rings is 1. The molecule has 0 saturated carbocycles. The summed E-state index contributed by atoms with van der Waals surface area (Å²) in [6.45, 7) is 3.24. The molecule has 3 rings (SSSR count). The van der Waals surface area contributed by atoms with Crippen LogP contribution in [0.1, 0.15) is 35.3 Å². The molecule has 0 bridgehead atoms.